The average Bonchev–Trinajstić information content (AvgIpc) is 2.54. The highest BCUT2D eigenvalue weighted by atomic mass is 16.3. The summed E-state index contributed by atoms with van der Waals surface area (Å²) in [5.74, 6) is 0.128. The molecule has 1 unspecified atom stereocenters. The highest BCUT2D eigenvalue weighted by Gasteiger charge is 2.25. The van der Waals surface area contributed by atoms with E-state index < -0.39 is 0 Å². The van der Waals surface area contributed by atoms with Crippen LogP contribution in [0, 0.1) is 0 Å². The van der Waals surface area contributed by atoms with E-state index in [4.69, 9.17) is 5.11 Å². The van der Waals surface area contributed by atoms with Gasteiger partial charge in [-0.2, -0.15) is 0 Å². The van der Waals surface area contributed by atoms with Crippen LogP contribution < -0.4 is 0 Å². The molecule has 116 valence electrons. The van der Waals surface area contributed by atoms with Crippen molar-refractivity contribution >= 4 is 5.91 Å². The van der Waals surface area contributed by atoms with Gasteiger partial charge in [0.2, 0.25) is 5.91 Å². The molecular weight excluding hydrogens is 264 g/mol. The molecule has 4 nitrogen and oxygen atoms in total. The molecule has 1 fully saturated rings. The molecule has 1 amide bonds. The van der Waals surface area contributed by atoms with E-state index in [9.17, 15) is 4.79 Å². The summed E-state index contributed by atoms with van der Waals surface area (Å²) in [6, 6.07) is 8.36. The number of benzene rings is 1. The molecule has 0 radical (unpaired) electrons. The molecule has 0 saturated carbocycles. The fourth-order valence-corrected chi connectivity index (χ4v) is 2.79. The van der Waals surface area contributed by atoms with Crippen LogP contribution in [0.4, 0.5) is 0 Å². The molecule has 1 aromatic carbocycles. The molecule has 21 heavy (non-hydrogen) atoms. The first-order valence-electron chi connectivity index (χ1n) is 7.86. The van der Waals surface area contributed by atoms with Crippen molar-refractivity contribution in [3.63, 3.8) is 0 Å². The molecule has 1 atom stereocenters. The Kier molecular flexibility index (Phi) is 5.76. The topological polar surface area (TPSA) is 43.8 Å². The molecule has 1 aromatic rings. The molecular formula is C17H26N2O2. The number of aliphatic hydroxyl groups excluding tert-OH is 1. The molecule has 2 rings (SSSR count). The molecule has 0 spiro atoms. The first kappa shape index (κ1) is 16.0. The molecule has 0 aliphatic carbocycles. The lowest BCUT2D eigenvalue weighted by Crippen LogP contribution is -2.50. The number of nitrogens with zero attached hydrogens (tertiary/aromatic N) is 2. The molecule has 1 aliphatic heterocycles. The second-order valence-corrected chi connectivity index (χ2v) is 5.71. The standard InChI is InChI=1S/C17H26N2O2/c1-3-15-4-6-16(7-5-15)14(2)17(21)19-10-8-18(9-11-19)12-13-20/h4-7,14,20H,3,8-13H2,1-2H3. The third-order valence-corrected chi connectivity index (χ3v) is 4.36. The zero-order chi connectivity index (χ0) is 15.2. The number of aryl methyl sites for hydroxylation is 1. The number of piperazine rings is 1. The fraction of sp³-hybridized carbons (Fsp3) is 0.588. The minimum absolute atomic E-state index is 0.0831. The van der Waals surface area contributed by atoms with Crippen molar-refractivity contribution in [3.8, 4) is 0 Å². The van der Waals surface area contributed by atoms with Crippen LogP contribution in [0.2, 0.25) is 0 Å². The summed E-state index contributed by atoms with van der Waals surface area (Å²) < 4.78 is 0. The van der Waals surface area contributed by atoms with Crippen molar-refractivity contribution in [2.75, 3.05) is 39.3 Å². The minimum Gasteiger partial charge on any atom is -0.395 e. The number of β-amino-alcohol motifs (C(OH)–C–C–N with tert-alkyl or cyclic N) is 1. The number of hydrogen-bond donors (Lipinski definition) is 1. The van der Waals surface area contributed by atoms with E-state index in [2.05, 4.69) is 36.1 Å². The third-order valence-electron chi connectivity index (χ3n) is 4.36. The first-order valence-corrected chi connectivity index (χ1v) is 7.86. The second kappa shape index (κ2) is 7.57. The van der Waals surface area contributed by atoms with Crippen LogP contribution in [-0.2, 0) is 11.2 Å². The van der Waals surface area contributed by atoms with E-state index in [1.54, 1.807) is 0 Å². The summed E-state index contributed by atoms with van der Waals surface area (Å²) in [5, 5.41) is 8.95. The van der Waals surface area contributed by atoms with E-state index in [1.165, 1.54) is 5.56 Å². The Morgan fingerprint density at radius 2 is 1.81 bits per heavy atom. The lowest BCUT2D eigenvalue weighted by molar-refractivity contribution is -0.134. The van der Waals surface area contributed by atoms with Crippen LogP contribution in [0.1, 0.15) is 30.9 Å². The smallest absolute Gasteiger partial charge is 0.229 e. The summed E-state index contributed by atoms with van der Waals surface area (Å²) in [5.41, 5.74) is 2.39. The molecule has 1 aliphatic rings. The molecule has 1 N–H and O–H groups in total. The van der Waals surface area contributed by atoms with E-state index in [1.807, 2.05) is 11.8 Å². The van der Waals surface area contributed by atoms with Gasteiger partial charge in [-0.25, -0.2) is 0 Å². The monoisotopic (exact) mass is 290 g/mol. The third kappa shape index (κ3) is 4.05. The highest BCUT2D eigenvalue weighted by Crippen LogP contribution is 2.19. The van der Waals surface area contributed by atoms with Crippen molar-refractivity contribution < 1.29 is 9.90 Å². The van der Waals surface area contributed by atoms with Gasteiger partial charge in [-0.15, -0.1) is 0 Å². The largest absolute Gasteiger partial charge is 0.395 e. The molecule has 0 aromatic heterocycles. The van der Waals surface area contributed by atoms with Gasteiger partial charge in [0.25, 0.3) is 0 Å². The SMILES string of the molecule is CCc1ccc(C(C)C(=O)N2CCN(CCO)CC2)cc1. The van der Waals surface area contributed by atoms with Gasteiger partial charge < -0.3 is 10.0 Å². The van der Waals surface area contributed by atoms with Crippen molar-refractivity contribution in [1.82, 2.24) is 9.80 Å². The average molecular weight is 290 g/mol. The molecule has 0 bridgehead atoms. The van der Waals surface area contributed by atoms with Crippen LogP contribution in [0.3, 0.4) is 0 Å². The van der Waals surface area contributed by atoms with E-state index in [0.717, 1.165) is 38.2 Å². The van der Waals surface area contributed by atoms with Crippen LogP contribution >= 0.6 is 0 Å². The predicted molar refractivity (Wildman–Crippen MR) is 84.3 cm³/mol. The lowest BCUT2D eigenvalue weighted by Gasteiger charge is -2.35. The predicted octanol–water partition coefficient (Wildman–Crippen LogP) is 1.49. The zero-order valence-electron chi connectivity index (χ0n) is 13.1. The molecule has 1 heterocycles. The Morgan fingerprint density at radius 1 is 1.19 bits per heavy atom. The molecule has 4 heteroatoms. The van der Waals surface area contributed by atoms with Crippen molar-refractivity contribution in [2.45, 2.75) is 26.2 Å². The van der Waals surface area contributed by atoms with Gasteiger partial charge >= 0.3 is 0 Å². The normalized spacial score (nSPS) is 17.8. The maximum atomic E-state index is 12.6. The zero-order valence-corrected chi connectivity index (χ0v) is 13.1. The Labute approximate surface area is 127 Å². The Morgan fingerprint density at radius 3 is 2.33 bits per heavy atom. The number of rotatable bonds is 5. The van der Waals surface area contributed by atoms with E-state index >= 15 is 0 Å². The van der Waals surface area contributed by atoms with Gasteiger partial charge in [0.1, 0.15) is 0 Å². The van der Waals surface area contributed by atoms with Crippen LogP contribution in [0.15, 0.2) is 24.3 Å². The fourth-order valence-electron chi connectivity index (χ4n) is 2.79. The summed E-state index contributed by atoms with van der Waals surface area (Å²) >= 11 is 0. The van der Waals surface area contributed by atoms with Crippen LogP contribution in [-0.4, -0.2) is 60.1 Å². The van der Waals surface area contributed by atoms with Gasteiger partial charge in [0.15, 0.2) is 0 Å². The van der Waals surface area contributed by atoms with Crippen LogP contribution in [0.5, 0.6) is 0 Å². The number of aliphatic hydroxyl groups is 1. The van der Waals surface area contributed by atoms with Crippen molar-refractivity contribution in [3.05, 3.63) is 35.4 Å². The van der Waals surface area contributed by atoms with Crippen molar-refractivity contribution in [1.29, 1.82) is 0 Å². The summed E-state index contributed by atoms with van der Waals surface area (Å²) in [4.78, 5) is 16.7. The Balaban J connectivity index is 1.93. The Hall–Kier alpha value is -1.39. The molecule has 1 saturated heterocycles. The van der Waals surface area contributed by atoms with Crippen LogP contribution in [0.25, 0.3) is 0 Å². The summed E-state index contributed by atoms with van der Waals surface area (Å²) in [7, 11) is 0. The lowest BCUT2D eigenvalue weighted by atomic mass is 9.97. The van der Waals surface area contributed by atoms with E-state index in [0.29, 0.717) is 6.54 Å². The number of carbonyl (C=O) groups is 1. The number of amides is 1. The van der Waals surface area contributed by atoms with Gasteiger partial charge in [-0.1, -0.05) is 31.2 Å². The maximum absolute atomic E-state index is 12.6. The number of carbonyl (C=O) groups excluding carboxylic acids is 1. The van der Waals surface area contributed by atoms with E-state index in [-0.39, 0.29) is 18.4 Å². The number of hydrogen-bond acceptors (Lipinski definition) is 3. The first-order chi connectivity index (χ1) is 10.2. The highest BCUT2D eigenvalue weighted by molar-refractivity contribution is 5.83. The quantitative estimate of drug-likeness (QED) is 0.893. The van der Waals surface area contributed by atoms with Gasteiger partial charge in [-0.05, 0) is 24.5 Å². The van der Waals surface area contributed by atoms with Gasteiger partial charge in [-0.3, -0.25) is 9.69 Å². The minimum atomic E-state index is -0.0831. The van der Waals surface area contributed by atoms with Gasteiger partial charge in [0.05, 0.1) is 12.5 Å². The summed E-state index contributed by atoms with van der Waals surface area (Å²) in [6.45, 7) is 8.25. The van der Waals surface area contributed by atoms with Crippen molar-refractivity contribution in [2.24, 2.45) is 0 Å². The summed E-state index contributed by atoms with van der Waals surface area (Å²) in [6.07, 6.45) is 1.02. The maximum Gasteiger partial charge on any atom is 0.229 e. The second-order valence-electron chi connectivity index (χ2n) is 5.71. The van der Waals surface area contributed by atoms with Gasteiger partial charge in [0, 0.05) is 32.7 Å². The Bertz CT molecular complexity index is 450.